The summed E-state index contributed by atoms with van der Waals surface area (Å²) in [6, 6.07) is 9.79. The molecule has 2 aromatic rings. The van der Waals surface area contributed by atoms with Crippen LogP contribution in [0.4, 0.5) is 14.5 Å². The Morgan fingerprint density at radius 3 is 2.51 bits per heavy atom. The van der Waals surface area contributed by atoms with Crippen LogP contribution in [-0.4, -0.2) is 52.8 Å². The van der Waals surface area contributed by atoms with Crippen LogP contribution >= 0.6 is 23.2 Å². The van der Waals surface area contributed by atoms with E-state index in [-0.39, 0.29) is 38.7 Å². The number of halogens is 4. The van der Waals surface area contributed by atoms with Crippen LogP contribution in [0.15, 0.2) is 36.4 Å². The Kier molecular flexibility index (Phi) is 6.31. The molecule has 0 unspecified atom stereocenters. The van der Waals surface area contributed by atoms with Crippen LogP contribution < -0.4 is 10.6 Å². The fourth-order valence-corrected chi connectivity index (χ4v) is 7.75. The highest BCUT2D eigenvalue weighted by Crippen LogP contribution is 2.61. The number of carbonyl (C=O) groups is 3. The van der Waals surface area contributed by atoms with Gasteiger partial charge in [0.05, 0.1) is 23.2 Å². The number of aliphatic carboxylic acids is 1. The average Bonchev–Trinajstić information content (AvgIpc) is 3.43. The maximum Gasteiger partial charge on any atom is 0.310 e. The first-order valence-electron chi connectivity index (χ1n) is 13.7. The molecule has 2 amide bonds. The van der Waals surface area contributed by atoms with Gasteiger partial charge in [0.2, 0.25) is 5.91 Å². The van der Waals surface area contributed by atoms with Crippen molar-refractivity contribution in [2.75, 3.05) is 18.4 Å². The number of rotatable bonds is 5. The van der Waals surface area contributed by atoms with Gasteiger partial charge in [-0.05, 0) is 41.5 Å². The van der Waals surface area contributed by atoms with Gasteiger partial charge in [-0.1, -0.05) is 68.2 Å². The highest BCUT2D eigenvalue weighted by molar-refractivity contribution is 6.38. The van der Waals surface area contributed by atoms with E-state index in [4.69, 9.17) is 23.2 Å². The normalized spacial score (nSPS) is 29.2. The smallest absolute Gasteiger partial charge is 0.310 e. The lowest BCUT2D eigenvalue weighted by Crippen LogP contribution is -2.54. The molecule has 0 bridgehead atoms. The third-order valence-corrected chi connectivity index (χ3v) is 9.92. The van der Waals surface area contributed by atoms with Crippen molar-refractivity contribution in [2.45, 2.75) is 68.4 Å². The Balaban J connectivity index is 1.37. The quantitative estimate of drug-likeness (QED) is 0.428. The predicted molar refractivity (Wildman–Crippen MR) is 151 cm³/mol. The molecule has 4 aliphatic rings. The number of alkyl halides is 2. The number of carboxylic acids is 1. The first-order chi connectivity index (χ1) is 19.1. The lowest BCUT2D eigenvalue weighted by molar-refractivity contribution is -0.153. The van der Waals surface area contributed by atoms with E-state index in [1.807, 2.05) is 12.1 Å². The SMILES string of the molecule is CC(C)(C)c1cccc(C2(CNC(=O)[C@H]3[C@H]4CC(F)(F)CN4[C@]4(C(=O)Nc5c(Cl)cc(Cl)cc54)[C@H]3C(=O)O)CC2)c1. The zero-order chi connectivity index (χ0) is 29.7. The van der Waals surface area contributed by atoms with Gasteiger partial charge in [0.15, 0.2) is 0 Å². The van der Waals surface area contributed by atoms with Crippen LogP contribution in [0.1, 0.15) is 56.7 Å². The molecule has 0 aromatic heterocycles. The molecule has 2 saturated heterocycles. The highest BCUT2D eigenvalue weighted by atomic mass is 35.5. The molecule has 1 aliphatic carbocycles. The Bertz CT molecular complexity index is 1490. The summed E-state index contributed by atoms with van der Waals surface area (Å²) in [4.78, 5) is 41.7. The van der Waals surface area contributed by atoms with Crippen LogP contribution in [0.25, 0.3) is 0 Å². The topological polar surface area (TPSA) is 98.7 Å². The number of carboxylic acid groups (broad SMARTS) is 1. The molecule has 11 heteroatoms. The second-order valence-electron chi connectivity index (χ2n) is 13.0. The molecule has 6 rings (SSSR count). The van der Waals surface area contributed by atoms with Crippen molar-refractivity contribution < 1.29 is 28.3 Å². The van der Waals surface area contributed by atoms with Crippen molar-refractivity contribution >= 4 is 46.7 Å². The van der Waals surface area contributed by atoms with E-state index in [1.165, 1.54) is 17.0 Å². The van der Waals surface area contributed by atoms with Gasteiger partial charge in [-0.15, -0.1) is 0 Å². The number of nitrogens with one attached hydrogen (secondary N) is 2. The lowest BCUT2D eigenvalue weighted by atomic mass is 9.73. The van der Waals surface area contributed by atoms with Gasteiger partial charge >= 0.3 is 5.97 Å². The molecular formula is C30H31Cl2F2N3O4. The van der Waals surface area contributed by atoms with E-state index < -0.39 is 60.1 Å². The number of benzene rings is 2. The molecule has 1 saturated carbocycles. The third-order valence-electron chi connectivity index (χ3n) is 9.40. The van der Waals surface area contributed by atoms with E-state index in [2.05, 4.69) is 43.5 Å². The number of carbonyl (C=O) groups excluding carboxylic acids is 2. The fourth-order valence-electron chi connectivity index (χ4n) is 7.21. The number of hydrogen-bond acceptors (Lipinski definition) is 4. The van der Waals surface area contributed by atoms with Crippen molar-refractivity contribution in [3.05, 3.63) is 63.1 Å². The van der Waals surface area contributed by atoms with E-state index in [0.29, 0.717) is 0 Å². The standard InChI is InChI=1S/C30H31Cl2F2N3O4/c1-27(2,3)15-5-4-6-16(9-15)28(7-8-28)13-35-24(38)21-20-12-29(33,34)14-37(20)30(22(21)25(39)40)18-10-17(31)11-19(32)23(18)36-26(30)41/h4-6,9-11,20-22H,7-8,12-14H2,1-3H3,(H,35,38)(H,36,41)(H,39,40)/t20-,21+,22-,30+/m1/s1. The Morgan fingerprint density at radius 2 is 1.88 bits per heavy atom. The monoisotopic (exact) mass is 605 g/mol. The first kappa shape index (κ1) is 28.4. The van der Waals surface area contributed by atoms with Gasteiger partial charge in [0.25, 0.3) is 11.8 Å². The largest absolute Gasteiger partial charge is 0.481 e. The second-order valence-corrected chi connectivity index (χ2v) is 13.8. The average molecular weight is 606 g/mol. The zero-order valence-electron chi connectivity index (χ0n) is 22.9. The van der Waals surface area contributed by atoms with Gasteiger partial charge in [0.1, 0.15) is 11.5 Å². The number of anilines is 1. The summed E-state index contributed by atoms with van der Waals surface area (Å²) >= 11 is 12.6. The van der Waals surface area contributed by atoms with Gasteiger partial charge in [-0.3, -0.25) is 19.3 Å². The molecule has 3 fully saturated rings. The van der Waals surface area contributed by atoms with Crippen molar-refractivity contribution in [3.63, 3.8) is 0 Å². The van der Waals surface area contributed by atoms with E-state index >= 15 is 0 Å². The minimum absolute atomic E-state index is 0.0606. The lowest BCUT2D eigenvalue weighted by Gasteiger charge is -2.35. The summed E-state index contributed by atoms with van der Waals surface area (Å²) in [6.45, 7) is 5.73. The Morgan fingerprint density at radius 1 is 1.17 bits per heavy atom. The molecule has 3 heterocycles. The number of nitrogens with zero attached hydrogens (tertiary/aromatic N) is 1. The summed E-state index contributed by atoms with van der Waals surface area (Å²) in [5.41, 5.74) is 0.00259. The molecule has 0 radical (unpaired) electrons. The summed E-state index contributed by atoms with van der Waals surface area (Å²) in [6.07, 6.45) is 0.919. The van der Waals surface area contributed by atoms with Gasteiger partial charge in [0, 0.05) is 35.0 Å². The Labute approximate surface area is 246 Å². The number of amides is 2. The van der Waals surface area contributed by atoms with E-state index in [0.717, 1.165) is 24.0 Å². The van der Waals surface area contributed by atoms with Crippen LogP contribution in [-0.2, 0) is 30.8 Å². The van der Waals surface area contributed by atoms with Gasteiger partial charge in [-0.25, -0.2) is 8.78 Å². The second kappa shape index (κ2) is 9.12. The van der Waals surface area contributed by atoms with Crippen LogP contribution in [0.3, 0.4) is 0 Å². The number of fused-ring (bicyclic) bond motifs is 4. The van der Waals surface area contributed by atoms with Gasteiger partial charge < -0.3 is 15.7 Å². The molecule has 3 N–H and O–H groups in total. The molecular weight excluding hydrogens is 575 g/mol. The number of hydrogen-bond donors (Lipinski definition) is 3. The molecule has 7 nitrogen and oxygen atoms in total. The van der Waals surface area contributed by atoms with Gasteiger partial charge in [-0.2, -0.15) is 0 Å². The molecule has 2 aromatic carbocycles. The summed E-state index contributed by atoms with van der Waals surface area (Å²) in [5, 5.41) is 16.2. The molecule has 218 valence electrons. The third kappa shape index (κ3) is 4.26. The van der Waals surface area contributed by atoms with E-state index in [9.17, 15) is 28.3 Å². The maximum absolute atomic E-state index is 15.0. The van der Waals surface area contributed by atoms with Crippen LogP contribution in [0, 0.1) is 11.8 Å². The van der Waals surface area contributed by atoms with E-state index in [1.54, 1.807) is 0 Å². The summed E-state index contributed by atoms with van der Waals surface area (Å²) in [5.74, 6) is -9.17. The fraction of sp³-hybridized carbons (Fsp3) is 0.500. The summed E-state index contributed by atoms with van der Waals surface area (Å²) < 4.78 is 29.9. The minimum atomic E-state index is -3.23. The van der Waals surface area contributed by atoms with Crippen molar-refractivity contribution in [1.82, 2.24) is 10.2 Å². The molecule has 4 atom stereocenters. The molecule has 1 spiro atoms. The Hall–Kier alpha value is -2.75. The summed E-state index contributed by atoms with van der Waals surface area (Å²) in [7, 11) is 0. The van der Waals surface area contributed by atoms with Crippen molar-refractivity contribution in [2.24, 2.45) is 11.8 Å². The predicted octanol–water partition coefficient (Wildman–Crippen LogP) is 5.33. The zero-order valence-corrected chi connectivity index (χ0v) is 24.4. The molecule has 41 heavy (non-hydrogen) atoms. The first-order valence-corrected chi connectivity index (χ1v) is 14.4. The van der Waals surface area contributed by atoms with Crippen molar-refractivity contribution in [1.29, 1.82) is 0 Å². The van der Waals surface area contributed by atoms with Crippen molar-refractivity contribution in [3.8, 4) is 0 Å². The highest BCUT2D eigenvalue weighted by Gasteiger charge is 2.74. The van der Waals surface area contributed by atoms with Crippen LogP contribution in [0.5, 0.6) is 0 Å². The minimum Gasteiger partial charge on any atom is -0.481 e. The van der Waals surface area contributed by atoms with Crippen LogP contribution in [0.2, 0.25) is 10.0 Å². The molecule has 3 aliphatic heterocycles. The maximum atomic E-state index is 15.0.